The number of alkyl halides is 3. The highest BCUT2D eigenvalue weighted by atomic mass is 19.4. The van der Waals surface area contributed by atoms with E-state index in [0.717, 1.165) is 6.07 Å². The van der Waals surface area contributed by atoms with Crippen LogP contribution in [0, 0.1) is 12.8 Å². The second-order valence-electron chi connectivity index (χ2n) is 8.24. The average Bonchev–Trinajstić information content (AvgIpc) is 2.79. The molecule has 0 spiro atoms. The average molecular weight is 502 g/mol. The number of halogens is 3. The molecule has 2 aromatic carbocycles. The number of anilines is 3. The number of hydrogen-bond acceptors (Lipinski definition) is 6. The Morgan fingerprint density at radius 3 is 2.22 bits per heavy atom. The number of aromatic nitrogens is 2. The van der Waals surface area contributed by atoms with Gasteiger partial charge in [-0.1, -0.05) is 19.9 Å². The molecule has 3 aromatic rings. The van der Waals surface area contributed by atoms with E-state index < -0.39 is 29.7 Å². The van der Waals surface area contributed by atoms with Crippen molar-refractivity contribution in [3.8, 4) is 11.6 Å². The van der Waals surface area contributed by atoms with E-state index in [0.29, 0.717) is 17.3 Å². The maximum Gasteiger partial charge on any atom is 0.416 e. The van der Waals surface area contributed by atoms with E-state index in [4.69, 9.17) is 10.5 Å². The van der Waals surface area contributed by atoms with E-state index in [2.05, 4.69) is 25.9 Å². The maximum absolute atomic E-state index is 13.1. The number of carbonyl (C=O) groups is 2. The summed E-state index contributed by atoms with van der Waals surface area (Å²) in [5, 5.41) is 7.87. The van der Waals surface area contributed by atoms with Crippen molar-refractivity contribution < 1.29 is 27.5 Å². The lowest BCUT2D eigenvalue weighted by atomic mass is 10.0. The summed E-state index contributed by atoms with van der Waals surface area (Å²) in [6, 6.07) is 9.97. The second kappa shape index (κ2) is 10.9. The fourth-order valence-corrected chi connectivity index (χ4v) is 3.23. The maximum atomic E-state index is 13.1. The fraction of sp³-hybridized carbons (Fsp3) is 0.250. The highest BCUT2D eigenvalue weighted by Crippen LogP contribution is 2.33. The molecule has 0 saturated carbocycles. The van der Waals surface area contributed by atoms with Crippen LogP contribution in [-0.2, 0) is 11.0 Å². The van der Waals surface area contributed by atoms with Gasteiger partial charge in [0.15, 0.2) is 0 Å². The Bertz CT molecular complexity index is 1230. The topological polar surface area (TPSA) is 131 Å². The fourth-order valence-electron chi connectivity index (χ4n) is 3.23. The van der Waals surface area contributed by atoms with Crippen molar-refractivity contribution in [3.05, 3.63) is 66.0 Å². The number of aryl methyl sites for hydroxylation is 1. The number of carbonyl (C=O) groups excluding carboxylic acids is 2. The van der Waals surface area contributed by atoms with Crippen LogP contribution in [-0.4, -0.2) is 27.9 Å². The van der Waals surface area contributed by atoms with Gasteiger partial charge in [-0.2, -0.15) is 13.2 Å². The predicted octanol–water partition coefficient (Wildman–Crippen LogP) is 5.16. The van der Waals surface area contributed by atoms with Gasteiger partial charge >= 0.3 is 12.2 Å². The molecule has 1 atom stereocenters. The Morgan fingerprint density at radius 1 is 0.972 bits per heavy atom. The van der Waals surface area contributed by atoms with Crippen LogP contribution in [0.4, 0.5) is 35.2 Å². The van der Waals surface area contributed by atoms with Gasteiger partial charge in [0.25, 0.3) is 0 Å². The summed E-state index contributed by atoms with van der Waals surface area (Å²) < 4.78 is 44.9. The first-order valence-corrected chi connectivity index (χ1v) is 10.8. The molecule has 9 nitrogen and oxygen atoms in total. The van der Waals surface area contributed by atoms with E-state index in [1.54, 1.807) is 24.3 Å². The van der Waals surface area contributed by atoms with Gasteiger partial charge in [-0.25, -0.2) is 14.8 Å². The molecule has 190 valence electrons. The summed E-state index contributed by atoms with van der Waals surface area (Å²) in [5.74, 6) is 0.391. The Hall–Kier alpha value is -4.35. The zero-order chi connectivity index (χ0) is 26.5. The third-order valence-electron chi connectivity index (χ3n) is 5.05. The lowest BCUT2D eigenvalue weighted by molar-refractivity contribution is -0.138. The largest absolute Gasteiger partial charge is 0.439 e. The van der Waals surface area contributed by atoms with Crippen LogP contribution in [0.5, 0.6) is 11.6 Å². The van der Waals surface area contributed by atoms with Crippen molar-refractivity contribution in [2.24, 2.45) is 11.7 Å². The summed E-state index contributed by atoms with van der Waals surface area (Å²) in [6.07, 6.45) is -3.25. The highest BCUT2D eigenvalue weighted by molar-refractivity contribution is 5.99. The Morgan fingerprint density at radius 2 is 1.61 bits per heavy atom. The van der Waals surface area contributed by atoms with Gasteiger partial charge in [0.2, 0.25) is 11.8 Å². The molecule has 12 heteroatoms. The Balaban J connectivity index is 1.61. The molecule has 0 fully saturated rings. The molecule has 36 heavy (non-hydrogen) atoms. The molecule has 3 rings (SSSR count). The highest BCUT2D eigenvalue weighted by Gasteiger charge is 2.32. The van der Waals surface area contributed by atoms with Gasteiger partial charge in [-0.15, -0.1) is 0 Å². The number of amides is 3. The number of hydrogen-bond donors (Lipinski definition) is 4. The lowest BCUT2D eigenvalue weighted by Crippen LogP contribution is -2.39. The second-order valence-corrected chi connectivity index (χ2v) is 8.24. The minimum absolute atomic E-state index is 0.00888. The van der Waals surface area contributed by atoms with Gasteiger partial charge in [0.05, 0.1) is 5.56 Å². The van der Waals surface area contributed by atoms with Crippen molar-refractivity contribution in [1.29, 1.82) is 0 Å². The zero-order valence-electron chi connectivity index (χ0n) is 19.7. The van der Waals surface area contributed by atoms with Crippen molar-refractivity contribution in [3.63, 3.8) is 0 Å². The first-order valence-electron chi connectivity index (χ1n) is 10.8. The quantitative estimate of drug-likeness (QED) is 0.336. The molecule has 0 aliphatic heterocycles. The number of nitrogens with zero attached hydrogens (tertiary/aromatic N) is 2. The first-order chi connectivity index (χ1) is 16.9. The number of primary amides is 1. The third-order valence-corrected chi connectivity index (χ3v) is 5.05. The van der Waals surface area contributed by atoms with Gasteiger partial charge in [-0.05, 0) is 54.8 Å². The van der Waals surface area contributed by atoms with E-state index >= 15 is 0 Å². The van der Waals surface area contributed by atoms with Crippen molar-refractivity contribution >= 4 is 29.1 Å². The number of urea groups is 1. The Kier molecular flexibility index (Phi) is 7.97. The van der Waals surface area contributed by atoms with Gasteiger partial charge in [-0.3, -0.25) is 4.79 Å². The van der Waals surface area contributed by atoms with Crippen molar-refractivity contribution in [2.45, 2.75) is 33.0 Å². The standard InChI is InChI=1S/C24H25F3N6O3/c1-13(2)21(22(28)34)33-19-11-20(30-12-29-19)36-17-8-6-15(7-9-17)31-23(35)32-16-5-4-14(3)18(10-16)24(25,26)27/h4-13,21H,1-3H3,(H2,28,34)(H,29,30,33)(H2,31,32,35)/t21-/m0/s1. The van der Waals surface area contributed by atoms with Crippen molar-refractivity contribution in [2.75, 3.05) is 16.0 Å². The molecule has 1 heterocycles. The van der Waals surface area contributed by atoms with Crippen LogP contribution in [0.3, 0.4) is 0 Å². The smallest absolute Gasteiger partial charge is 0.416 e. The van der Waals surface area contributed by atoms with E-state index in [-0.39, 0.29) is 23.0 Å². The molecular formula is C24H25F3N6O3. The minimum Gasteiger partial charge on any atom is -0.439 e. The molecule has 0 aliphatic rings. The normalized spacial score (nSPS) is 12.1. The Labute approximate surface area is 205 Å². The van der Waals surface area contributed by atoms with Crippen LogP contribution in [0.1, 0.15) is 25.0 Å². The van der Waals surface area contributed by atoms with Crippen LogP contribution >= 0.6 is 0 Å². The number of benzene rings is 2. The molecule has 0 radical (unpaired) electrons. The SMILES string of the molecule is Cc1ccc(NC(=O)Nc2ccc(Oc3cc(N[C@H](C(N)=O)C(C)C)ncn3)cc2)cc1C(F)(F)F. The van der Waals surface area contributed by atoms with Gasteiger partial charge in [0.1, 0.15) is 23.9 Å². The third kappa shape index (κ3) is 7.08. The summed E-state index contributed by atoms with van der Waals surface area (Å²) in [4.78, 5) is 31.9. The first kappa shape index (κ1) is 26.3. The minimum atomic E-state index is -4.52. The van der Waals surface area contributed by atoms with E-state index in [1.165, 1.54) is 31.5 Å². The predicted molar refractivity (Wildman–Crippen MR) is 129 cm³/mol. The number of rotatable bonds is 8. The number of nitrogens with one attached hydrogen (secondary N) is 3. The van der Waals surface area contributed by atoms with E-state index in [9.17, 15) is 22.8 Å². The molecule has 0 aliphatic carbocycles. The van der Waals surface area contributed by atoms with Crippen LogP contribution in [0.15, 0.2) is 54.9 Å². The molecule has 0 saturated heterocycles. The number of nitrogens with two attached hydrogens (primary N) is 1. The lowest BCUT2D eigenvalue weighted by Gasteiger charge is -2.19. The number of ether oxygens (including phenoxy) is 1. The van der Waals surface area contributed by atoms with Crippen molar-refractivity contribution in [1.82, 2.24) is 9.97 Å². The summed E-state index contributed by atoms with van der Waals surface area (Å²) in [7, 11) is 0. The van der Waals surface area contributed by atoms with Gasteiger partial charge < -0.3 is 26.4 Å². The van der Waals surface area contributed by atoms with E-state index in [1.807, 2.05) is 13.8 Å². The zero-order valence-corrected chi connectivity index (χ0v) is 19.7. The monoisotopic (exact) mass is 502 g/mol. The van der Waals surface area contributed by atoms with Crippen LogP contribution < -0.4 is 26.4 Å². The summed E-state index contributed by atoms with van der Waals surface area (Å²) >= 11 is 0. The van der Waals surface area contributed by atoms with Crippen LogP contribution in [0.25, 0.3) is 0 Å². The molecule has 3 amide bonds. The summed E-state index contributed by atoms with van der Waals surface area (Å²) in [6.45, 7) is 5.04. The van der Waals surface area contributed by atoms with Crippen LogP contribution in [0.2, 0.25) is 0 Å². The molecule has 0 bridgehead atoms. The summed E-state index contributed by atoms with van der Waals surface area (Å²) in [5.41, 5.74) is 5.04. The molecule has 5 N–H and O–H groups in total. The molecule has 0 unspecified atom stereocenters. The van der Waals surface area contributed by atoms with Gasteiger partial charge in [0, 0.05) is 17.4 Å². The molecular weight excluding hydrogens is 477 g/mol. The molecule has 1 aromatic heterocycles.